The number of benzene rings is 1. The summed E-state index contributed by atoms with van der Waals surface area (Å²) < 4.78 is 0. The third-order valence-corrected chi connectivity index (χ3v) is 8.46. The van der Waals surface area contributed by atoms with E-state index in [1.807, 2.05) is 0 Å². The molecule has 128 valence electrons. The Bertz CT molecular complexity index is 723. The van der Waals surface area contributed by atoms with Crippen LogP contribution in [-0.2, 0) is 5.41 Å². The van der Waals surface area contributed by atoms with E-state index >= 15 is 0 Å². The molecule has 7 rings (SSSR count). The number of likely N-dealkylation sites (N-methyl/N-ethyl adjacent to an activating group) is 1. The number of fused-ring (bicyclic) bond motifs is 2. The van der Waals surface area contributed by atoms with Gasteiger partial charge in [-0.2, -0.15) is 0 Å². The third-order valence-electron chi connectivity index (χ3n) is 8.46. The van der Waals surface area contributed by atoms with Gasteiger partial charge in [0.15, 0.2) is 0 Å². The van der Waals surface area contributed by atoms with Gasteiger partial charge in [-0.3, -0.25) is 4.90 Å². The van der Waals surface area contributed by atoms with Crippen LogP contribution in [0.2, 0.25) is 0 Å². The van der Waals surface area contributed by atoms with Crippen LogP contribution in [0.25, 0.3) is 0 Å². The molecular weight excluding hydrogens is 300 g/mol. The fraction of sp³-hybridized carbons (Fsp3) is 0.700. The molecule has 0 aromatic heterocycles. The van der Waals surface area contributed by atoms with Gasteiger partial charge in [0.2, 0.25) is 0 Å². The summed E-state index contributed by atoms with van der Waals surface area (Å²) in [6.07, 6.45) is 2.56. The largest absolute Gasteiger partial charge is 0.392 e. The molecule has 4 heteroatoms. The van der Waals surface area contributed by atoms with Crippen molar-refractivity contribution in [3.05, 3.63) is 29.8 Å². The normalized spacial score (nSPS) is 55.8. The molecule has 2 N–H and O–H groups in total. The maximum atomic E-state index is 11.6. The summed E-state index contributed by atoms with van der Waals surface area (Å²) in [7, 11) is 2.19. The molecule has 5 fully saturated rings. The van der Waals surface area contributed by atoms with Crippen molar-refractivity contribution in [3.8, 4) is 0 Å². The summed E-state index contributed by atoms with van der Waals surface area (Å²) in [4.78, 5) is 4.83. The van der Waals surface area contributed by atoms with Crippen LogP contribution in [-0.4, -0.2) is 52.6 Å². The minimum Gasteiger partial charge on any atom is -0.392 e. The van der Waals surface area contributed by atoms with Crippen molar-refractivity contribution < 1.29 is 10.2 Å². The van der Waals surface area contributed by atoms with E-state index in [2.05, 4.69) is 48.0 Å². The van der Waals surface area contributed by atoms with Crippen LogP contribution in [0.4, 0.5) is 5.69 Å². The Morgan fingerprint density at radius 1 is 1.21 bits per heavy atom. The molecule has 4 saturated heterocycles. The summed E-state index contributed by atoms with van der Waals surface area (Å²) in [5.41, 5.74) is 2.51. The quantitative estimate of drug-likeness (QED) is 0.822. The van der Waals surface area contributed by atoms with Gasteiger partial charge in [0.1, 0.15) is 6.23 Å². The van der Waals surface area contributed by atoms with Gasteiger partial charge in [-0.15, -0.1) is 0 Å². The number of hydrogen-bond donors (Lipinski definition) is 2. The van der Waals surface area contributed by atoms with Crippen molar-refractivity contribution in [3.63, 3.8) is 0 Å². The summed E-state index contributed by atoms with van der Waals surface area (Å²) in [6, 6.07) is 9.70. The first-order valence-corrected chi connectivity index (χ1v) is 9.57. The zero-order valence-electron chi connectivity index (χ0n) is 14.3. The second-order valence-corrected chi connectivity index (χ2v) is 8.81. The molecule has 1 aromatic rings. The van der Waals surface area contributed by atoms with Gasteiger partial charge in [-0.05, 0) is 36.8 Å². The maximum absolute atomic E-state index is 11.6. The number of para-hydroxylation sites is 1. The average Bonchev–Trinajstić information content (AvgIpc) is 2.97. The number of piperidine rings is 4. The van der Waals surface area contributed by atoms with E-state index < -0.39 is 0 Å². The molecule has 10 atom stereocenters. The van der Waals surface area contributed by atoms with Crippen LogP contribution < -0.4 is 4.90 Å². The molecular formula is C20H26N2O2. The standard InChI is InChI=1S/C20H26N2O2/c1-3-10-11-8-14-17-20(12-6-4-5-7-13(12)21(17)2)9-15(16(11)18(20)23)22(14)19(10)24/h4-7,10-11,14-19,23-24H,3,8-9H2,1-2H3/t10-,11?,14-,15+,16?,17-,18+,19+,20?/m0/s1. The maximum Gasteiger partial charge on any atom is 0.111 e. The van der Waals surface area contributed by atoms with Crippen molar-refractivity contribution in [2.45, 2.75) is 62.1 Å². The predicted octanol–water partition coefficient (Wildman–Crippen LogP) is 1.55. The minimum atomic E-state index is -0.319. The van der Waals surface area contributed by atoms with Crippen LogP contribution in [0.3, 0.4) is 0 Å². The zero-order valence-corrected chi connectivity index (χ0v) is 14.3. The van der Waals surface area contributed by atoms with Crippen LogP contribution in [0.1, 0.15) is 31.7 Å². The van der Waals surface area contributed by atoms with Gasteiger partial charge in [0.25, 0.3) is 0 Å². The molecule has 1 aromatic carbocycles. The number of aliphatic hydroxyl groups excluding tert-OH is 2. The third kappa shape index (κ3) is 1.20. The number of rotatable bonds is 1. The lowest BCUT2D eigenvalue weighted by atomic mass is 9.62. The Hall–Kier alpha value is -1.10. The lowest BCUT2D eigenvalue weighted by Gasteiger charge is -2.62. The van der Waals surface area contributed by atoms with E-state index in [-0.39, 0.29) is 17.7 Å². The fourth-order valence-corrected chi connectivity index (χ4v) is 7.88. The van der Waals surface area contributed by atoms with Crippen molar-refractivity contribution >= 4 is 5.69 Å². The van der Waals surface area contributed by atoms with E-state index in [4.69, 9.17) is 0 Å². The molecule has 5 heterocycles. The van der Waals surface area contributed by atoms with E-state index in [0.29, 0.717) is 35.9 Å². The Balaban J connectivity index is 1.60. The predicted molar refractivity (Wildman–Crippen MR) is 91.7 cm³/mol. The Kier molecular flexibility index (Phi) is 2.45. The highest BCUT2D eigenvalue weighted by atomic mass is 16.3. The molecule has 0 radical (unpaired) electrons. The van der Waals surface area contributed by atoms with Gasteiger partial charge in [0, 0.05) is 42.1 Å². The zero-order chi connectivity index (χ0) is 16.4. The topological polar surface area (TPSA) is 46.9 Å². The average molecular weight is 326 g/mol. The van der Waals surface area contributed by atoms with Gasteiger partial charge in [-0.25, -0.2) is 0 Å². The first kappa shape index (κ1) is 14.1. The Morgan fingerprint density at radius 3 is 2.79 bits per heavy atom. The molecule has 1 saturated carbocycles. The highest BCUT2D eigenvalue weighted by molar-refractivity contribution is 5.67. The molecule has 0 amide bonds. The Morgan fingerprint density at radius 2 is 2.00 bits per heavy atom. The van der Waals surface area contributed by atoms with Crippen molar-refractivity contribution in [1.82, 2.24) is 4.90 Å². The summed E-state index contributed by atoms with van der Waals surface area (Å²) in [6.45, 7) is 2.19. The Labute approximate surface area is 143 Å². The molecule has 4 nitrogen and oxygen atoms in total. The smallest absolute Gasteiger partial charge is 0.111 e. The highest BCUT2D eigenvalue weighted by Crippen LogP contribution is 2.68. The molecule has 1 spiro atoms. The van der Waals surface area contributed by atoms with Gasteiger partial charge in [0.05, 0.1) is 12.1 Å². The molecule has 5 bridgehead atoms. The molecule has 4 unspecified atom stereocenters. The monoisotopic (exact) mass is 326 g/mol. The first-order valence-electron chi connectivity index (χ1n) is 9.57. The fourth-order valence-electron chi connectivity index (χ4n) is 7.88. The van der Waals surface area contributed by atoms with E-state index in [9.17, 15) is 10.2 Å². The lowest BCUT2D eigenvalue weighted by Crippen LogP contribution is -2.72. The van der Waals surface area contributed by atoms with Crippen LogP contribution in [0.15, 0.2) is 24.3 Å². The second kappa shape index (κ2) is 4.17. The van der Waals surface area contributed by atoms with Crippen molar-refractivity contribution in [2.75, 3.05) is 11.9 Å². The van der Waals surface area contributed by atoms with Crippen LogP contribution >= 0.6 is 0 Å². The molecule has 1 aliphatic carbocycles. The molecule has 6 aliphatic rings. The van der Waals surface area contributed by atoms with Crippen LogP contribution in [0, 0.1) is 17.8 Å². The SMILES string of the molecule is CC[C@H]1C2C[C@H]3[C@@H]4N(C)c5ccccc5C45C[C@H](C2[C@H]5O)N3[C@@H]1O. The number of anilines is 1. The second-order valence-electron chi connectivity index (χ2n) is 8.81. The van der Waals surface area contributed by atoms with Crippen molar-refractivity contribution in [1.29, 1.82) is 0 Å². The number of nitrogens with zero attached hydrogens (tertiary/aromatic N) is 2. The lowest BCUT2D eigenvalue weighted by molar-refractivity contribution is -0.211. The first-order chi connectivity index (χ1) is 11.6. The number of hydrogen-bond acceptors (Lipinski definition) is 4. The highest BCUT2D eigenvalue weighted by Gasteiger charge is 2.76. The molecule has 5 aliphatic heterocycles. The van der Waals surface area contributed by atoms with Gasteiger partial charge in [-0.1, -0.05) is 25.1 Å². The van der Waals surface area contributed by atoms with E-state index in [1.54, 1.807) is 0 Å². The van der Waals surface area contributed by atoms with E-state index in [0.717, 1.165) is 19.3 Å². The number of aliphatic hydroxyl groups is 2. The summed E-state index contributed by atoms with van der Waals surface area (Å²) in [5.74, 6) is 1.14. The van der Waals surface area contributed by atoms with Gasteiger partial charge >= 0.3 is 0 Å². The molecule has 24 heavy (non-hydrogen) atoms. The van der Waals surface area contributed by atoms with Crippen LogP contribution in [0.5, 0.6) is 0 Å². The van der Waals surface area contributed by atoms with E-state index in [1.165, 1.54) is 11.3 Å². The van der Waals surface area contributed by atoms with Crippen molar-refractivity contribution in [2.24, 2.45) is 17.8 Å². The summed E-state index contributed by atoms with van der Waals surface area (Å²) in [5, 5.41) is 22.6. The summed E-state index contributed by atoms with van der Waals surface area (Å²) >= 11 is 0. The minimum absolute atomic E-state index is 0.126. The van der Waals surface area contributed by atoms with Gasteiger partial charge < -0.3 is 15.1 Å².